The summed E-state index contributed by atoms with van der Waals surface area (Å²) in [5, 5.41) is 0. The van der Waals surface area contributed by atoms with Crippen LogP contribution in [0.1, 0.15) is 17.5 Å². The predicted molar refractivity (Wildman–Crippen MR) is 82.3 cm³/mol. The highest BCUT2D eigenvalue weighted by Gasteiger charge is 2.30. The lowest BCUT2D eigenvalue weighted by atomic mass is 10.1. The minimum Gasteiger partial charge on any atom is -0.368 e. The minimum absolute atomic E-state index is 0.0428. The molecule has 5 nitrogen and oxygen atoms in total. The molecule has 1 aliphatic heterocycles. The molecule has 0 spiro atoms. The van der Waals surface area contributed by atoms with Crippen molar-refractivity contribution in [3.8, 4) is 0 Å². The lowest BCUT2D eigenvalue weighted by molar-refractivity contribution is 0.0658. The number of halogens is 1. The molecule has 1 amide bonds. The smallest absolute Gasteiger partial charge is 0.290 e. The maximum Gasteiger partial charge on any atom is 0.290 e. The van der Waals surface area contributed by atoms with E-state index in [2.05, 4.69) is 9.88 Å². The highest BCUT2D eigenvalue weighted by molar-refractivity contribution is 5.91. The molecule has 1 aromatic heterocycles. The lowest BCUT2D eigenvalue weighted by Crippen LogP contribution is -2.54. The molecule has 116 valence electrons. The van der Waals surface area contributed by atoms with Crippen molar-refractivity contribution in [3.05, 3.63) is 48.3 Å². The standard InChI is InChI=1S/C16H19FN4O/c1-12-11-20(14-5-3-4-13(17)10-14)8-9-21(12)16(22)15-18-6-7-19(15)2/h3-7,10,12H,8-9,11H2,1-2H3. The molecule has 0 radical (unpaired) electrons. The molecule has 6 heteroatoms. The Bertz CT molecular complexity index is 684. The molecular formula is C16H19FN4O. The number of rotatable bonds is 2. The van der Waals surface area contributed by atoms with Gasteiger partial charge in [-0.05, 0) is 25.1 Å². The molecule has 0 aliphatic carbocycles. The fraction of sp³-hybridized carbons (Fsp3) is 0.375. The van der Waals surface area contributed by atoms with Crippen LogP contribution in [0, 0.1) is 5.82 Å². The Morgan fingerprint density at radius 2 is 2.18 bits per heavy atom. The summed E-state index contributed by atoms with van der Waals surface area (Å²) in [6.45, 7) is 3.97. The molecule has 22 heavy (non-hydrogen) atoms. The van der Waals surface area contributed by atoms with Crippen LogP contribution in [0.15, 0.2) is 36.7 Å². The Hall–Kier alpha value is -2.37. The second kappa shape index (κ2) is 5.79. The average molecular weight is 302 g/mol. The van der Waals surface area contributed by atoms with Crippen LogP contribution in [0.3, 0.4) is 0 Å². The van der Waals surface area contributed by atoms with E-state index in [4.69, 9.17) is 0 Å². The molecule has 1 atom stereocenters. The number of aryl methyl sites for hydroxylation is 1. The fourth-order valence-electron chi connectivity index (χ4n) is 2.87. The predicted octanol–water partition coefficient (Wildman–Crippen LogP) is 1.91. The van der Waals surface area contributed by atoms with Crippen molar-refractivity contribution in [2.75, 3.05) is 24.5 Å². The summed E-state index contributed by atoms with van der Waals surface area (Å²) in [5.41, 5.74) is 0.857. The number of aromatic nitrogens is 2. The van der Waals surface area contributed by atoms with Crippen molar-refractivity contribution in [2.45, 2.75) is 13.0 Å². The molecule has 1 saturated heterocycles. The summed E-state index contributed by atoms with van der Waals surface area (Å²) in [5.74, 6) is 0.154. The van der Waals surface area contributed by atoms with Crippen molar-refractivity contribution < 1.29 is 9.18 Å². The zero-order chi connectivity index (χ0) is 15.7. The molecule has 2 heterocycles. The van der Waals surface area contributed by atoms with Gasteiger partial charge in [-0.1, -0.05) is 6.07 Å². The zero-order valence-electron chi connectivity index (χ0n) is 12.7. The number of anilines is 1. The second-order valence-electron chi connectivity index (χ2n) is 5.64. The van der Waals surface area contributed by atoms with Gasteiger partial charge in [-0.2, -0.15) is 0 Å². The van der Waals surface area contributed by atoms with Gasteiger partial charge in [0, 0.05) is 50.8 Å². The monoisotopic (exact) mass is 302 g/mol. The lowest BCUT2D eigenvalue weighted by Gasteiger charge is -2.40. The van der Waals surface area contributed by atoms with Gasteiger partial charge in [0.2, 0.25) is 0 Å². The molecule has 2 aromatic rings. The first-order valence-electron chi connectivity index (χ1n) is 7.35. The van der Waals surface area contributed by atoms with Crippen LogP contribution in [0.5, 0.6) is 0 Å². The van der Waals surface area contributed by atoms with Crippen LogP contribution in [0.4, 0.5) is 10.1 Å². The summed E-state index contributed by atoms with van der Waals surface area (Å²) in [6, 6.07) is 6.62. The van der Waals surface area contributed by atoms with E-state index in [1.54, 1.807) is 23.0 Å². The summed E-state index contributed by atoms with van der Waals surface area (Å²) in [4.78, 5) is 20.6. The maximum absolute atomic E-state index is 13.4. The third kappa shape index (κ3) is 2.68. The van der Waals surface area contributed by atoms with E-state index in [9.17, 15) is 9.18 Å². The van der Waals surface area contributed by atoms with Crippen molar-refractivity contribution in [3.63, 3.8) is 0 Å². The van der Waals surface area contributed by atoms with Crippen LogP contribution in [-0.4, -0.2) is 46.0 Å². The Labute approximate surface area is 129 Å². The number of carbonyl (C=O) groups excluding carboxylic acids is 1. The summed E-state index contributed by atoms with van der Waals surface area (Å²) < 4.78 is 15.1. The molecule has 1 aromatic carbocycles. The summed E-state index contributed by atoms with van der Waals surface area (Å²) in [7, 11) is 1.81. The first kappa shape index (κ1) is 14.6. The first-order chi connectivity index (χ1) is 10.6. The molecule has 1 unspecified atom stereocenters. The van der Waals surface area contributed by atoms with Crippen LogP contribution < -0.4 is 4.90 Å². The molecule has 3 rings (SSSR count). The van der Waals surface area contributed by atoms with Gasteiger partial charge in [0.1, 0.15) is 5.82 Å². The Morgan fingerprint density at radius 1 is 1.36 bits per heavy atom. The summed E-state index contributed by atoms with van der Waals surface area (Å²) in [6.07, 6.45) is 3.39. The summed E-state index contributed by atoms with van der Waals surface area (Å²) >= 11 is 0. The topological polar surface area (TPSA) is 41.4 Å². The number of hydrogen-bond donors (Lipinski definition) is 0. The molecule has 1 aliphatic rings. The first-order valence-corrected chi connectivity index (χ1v) is 7.35. The average Bonchev–Trinajstić information content (AvgIpc) is 2.92. The van der Waals surface area contributed by atoms with Crippen LogP contribution in [-0.2, 0) is 7.05 Å². The van der Waals surface area contributed by atoms with Gasteiger partial charge >= 0.3 is 0 Å². The van der Waals surface area contributed by atoms with Crippen LogP contribution in [0.2, 0.25) is 0 Å². The Balaban J connectivity index is 1.73. The van der Waals surface area contributed by atoms with Crippen molar-refractivity contribution in [2.24, 2.45) is 7.05 Å². The van der Waals surface area contributed by atoms with E-state index in [1.807, 2.05) is 24.9 Å². The van der Waals surface area contributed by atoms with Gasteiger partial charge in [-0.25, -0.2) is 9.37 Å². The molecular weight excluding hydrogens is 283 g/mol. The maximum atomic E-state index is 13.4. The van der Waals surface area contributed by atoms with Crippen LogP contribution in [0.25, 0.3) is 0 Å². The van der Waals surface area contributed by atoms with Gasteiger partial charge in [0.05, 0.1) is 0 Å². The fourth-order valence-corrected chi connectivity index (χ4v) is 2.87. The van der Waals surface area contributed by atoms with Gasteiger partial charge in [-0.15, -0.1) is 0 Å². The number of imidazole rings is 1. The molecule has 0 saturated carbocycles. The molecule has 0 bridgehead atoms. The van der Waals surface area contributed by atoms with E-state index < -0.39 is 0 Å². The Morgan fingerprint density at radius 3 is 2.82 bits per heavy atom. The normalized spacial score (nSPS) is 18.6. The van der Waals surface area contributed by atoms with Gasteiger partial charge in [-0.3, -0.25) is 4.79 Å². The van der Waals surface area contributed by atoms with Crippen molar-refractivity contribution in [1.82, 2.24) is 14.5 Å². The third-order valence-corrected chi connectivity index (χ3v) is 4.07. The number of nitrogens with zero attached hydrogens (tertiary/aromatic N) is 4. The van der Waals surface area contributed by atoms with E-state index >= 15 is 0 Å². The van der Waals surface area contributed by atoms with Gasteiger partial charge < -0.3 is 14.4 Å². The highest BCUT2D eigenvalue weighted by atomic mass is 19.1. The van der Waals surface area contributed by atoms with Gasteiger partial charge in [0.25, 0.3) is 5.91 Å². The number of hydrogen-bond acceptors (Lipinski definition) is 3. The third-order valence-electron chi connectivity index (χ3n) is 4.07. The minimum atomic E-state index is -0.239. The van der Waals surface area contributed by atoms with E-state index in [1.165, 1.54) is 12.1 Å². The SMILES string of the molecule is CC1CN(c2cccc(F)c2)CCN1C(=O)c1nccn1C. The Kier molecular flexibility index (Phi) is 3.83. The van der Waals surface area contributed by atoms with Crippen molar-refractivity contribution in [1.29, 1.82) is 0 Å². The highest BCUT2D eigenvalue weighted by Crippen LogP contribution is 2.21. The second-order valence-corrected chi connectivity index (χ2v) is 5.64. The number of carbonyl (C=O) groups is 1. The largest absolute Gasteiger partial charge is 0.368 e. The number of benzene rings is 1. The van der Waals surface area contributed by atoms with E-state index in [0.717, 1.165) is 5.69 Å². The number of piperazine rings is 1. The zero-order valence-corrected chi connectivity index (χ0v) is 12.7. The molecule has 0 N–H and O–H groups in total. The van der Waals surface area contributed by atoms with Crippen LogP contribution >= 0.6 is 0 Å². The number of amides is 1. The quantitative estimate of drug-likeness (QED) is 0.851. The molecule has 1 fully saturated rings. The van der Waals surface area contributed by atoms with E-state index in [-0.39, 0.29) is 17.8 Å². The van der Waals surface area contributed by atoms with Crippen molar-refractivity contribution >= 4 is 11.6 Å². The van der Waals surface area contributed by atoms with Gasteiger partial charge in [0.15, 0.2) is 5.82 Å². The van der Waals surface area contributed by atoms with E-state index in [0.29, 0.717) is 25.5 Å².